The van der Waals surface area contributed by atoms with E-state index in [0.29, 0.717) is 18.1 Å². The largest absolute Gasteiger partial charge is 0.338 e. The number of nitrogens with one attached hydrogen (secondary N) is 1. The van der Waals surface area contributed by atoms with Crippen molar-refractivity contribution in [1.82, 2.24) is 15.2 Å². The number of piperidine rings is 1. The number of hydrogen-bond donors (Lipinski definition) is 1. The van der Waals surface area contributed by atoms with Crippen molar-refractivity contribution in [3.8, 4) is 0 Å². The lowest BCUT2D eigenvalue weighted by Crippen LogP contribution is -2.48. The van der Waals surface area contributed by atoms with Crippen LogP contribution in [0, 0.1) is 6.92 Å². The van der Waals surface area contributed by atoms with Crippen molar-refractivity contribution in [2.45, 2.75) is 64.1 Å². The Labute approximate surface area is 124 Å². The molecule has 3 rings (SSSR count). The predicted octanol–water partition coefficient (Wildman–Crippen LogP) is 2.37. The molecule has 4 nitrogen and oxygen atoms in total. The Morgan fingerprint density at radius 1 is 1.40 bits per heavy atom. The molecule has 2 fully saturated rings. The Balaban J connectivity index is 1.74. The second-order valence-electron chi connectivity index (χ2n) is 6.05. The fraction of sp³-hybridized carbons (Fsp3) is 0.733. The molecule has 0 aliphatic carbocycles. The van der Waals surface area contributed by atoms with Gasteiger partial charge >= 0.3 is 0 Å². The van der Waals surface area contributed by atoms with Crippen molar-refractivity contribution in [3.05, 3.63) is 15.6 Å². The third kappa shape index (κ3) is 2.49. The first-order valence-corrected chi connectivity index (χ1v) is 8.39. The number of carbonyl (C=O) groups excluding carboxylic acids is 1. The van der Waals surface area contributed by atoms with E-state index in [4.69, 9.17) is 0 Å². The highest BCUT2D eigenvalue weighted by atomic mass is 32.1. The highest BCUT2D eigenvalue weighted by Crippen LogP contribution is 2.30. The molecule has 0 radical (unpaired) electrons. The summed E-state index contributed by atoms with van der Waals surface area (Å²) in [7, 11) is 1.96. The third-order valence-corrected chi connectivity index (χ3v) is 5.94. The normalized spacial score (nSPS) is 28.6. The summed E-state index contributed by atoms with van der Waals surface area (Å²) >= 11 is 1.56. The Bertz CT molecular complexity index is 501. The van der Waals surface area contributed by atoms with Crippen LogP contribution in [0.3, 0.4) is 0 Å². The Hall–Kier alpha value is -0.940. The van der Waals surface area contributed by atoms with E-state index in [1.165, 1.54) is 12.8 Å². The van der Waals surface area contributed by atoms with Gasteiger partial charge in [-0.05, 0) is 39.0 Å². The molecule has 5 heteroatoms. The van der Waals surface area contributed by atoms with Crippen LogP contribution < -0.4 is 5.32 Å². The molecule has 20 heavy (non-hydrogen) atoms. The van der Waals surface area contributed by atoms with Gasteiger partial charge < -0.3 is 10.2 Å². The van der Waals surface area contributed by atoms with Crippen LogP contribution in [0.15, 0.2) is 0 Å². The van der Waals surface area contributed by atoms with Crippen LogP contribution in [0.1, 0.15) is 53.0 Å². The van der Waals surface area contributed by atoms with Crippen LogP contribution in [0.4, 0.5) is 0 Å². The Morgan fingerprint density at radius 3 is 2.60 bits per heavy atom. The first-order chi connectivity index (χ1) is 9.58. The molecule has 0 saturated carbocycles. The van der Waals surface area contributed by atoms with Gasteiger partial charge in [-0.1, -0.05) is 6.92 Å². The van der Waals surface area contributed by atoms with Crippen LogP contribution >= 0.6 is 11.3 Å². The SMILES string of the molecule is CCc1nc(C)c(C(=O)N(C)C2CC3CCC(C2)N3)s1. The zero-order chi connectivity index (χ0) is 14.3. The van der Waals surface area contributed by atoms with Gasteiger partial charge in [-0.2, -0.15) is 0 Å². The van der Waals surface area contributed by atoms with Crippen LogP contribution in [-0.4, -0.2) is 41.0 Å². The summed E-state index contributed by atoms with van der Waals surface area (Å²) in [5, 5.41) is 4.69. The molecule has 0 aromatic carbocycles. The third-order valence-electron chi connectivity index (χ3n) is 4.65. The number of carbonyl (C=O) groups is 1. The average molecular weight is 293 g/mol. The number of rotatable bonds is 3. The van der Waals surface area contributed by atoms with Gasteiger partial charge in [0.2, 0.25) is 0 Å². The molecule has 0 spiro atoms. The smallest absolute Gasteiger partial charge is 0.265 e. The maximum absolute atomic E-state index is 12.7. The van der Waals surface area contributed by atoms with E-state index in [1.807, 2.05) is 18.9 Å². The maximum atomic E-state index is 12.7. The molecule has 1 aromatic rings. The number of aryl methyl sites for hydroxylation is 2. The van der Waals surface area contributed by atoms with Crippen molar-refractivity contribution >= 4 is 17.2 Å². The molecule has 1 aromatic heterocycles. The van der Waals surface area contributed by atoms with Crippen molar-refractivity contribution in [3.63, 3.8) is 0 Å². The molecule has 2 saturated heterocycles. The van der Waals surface area contributed by atoms with Gasteiger partial charge in [0.05, 0.1) is 10.7 Å². The minimum atomic E-state index is 0.158. The summed E-state index contributed by atoms with van der Waals surface area (Å²) in [5.41, 5.74) is 0.889. The minimum absolute atomic E-state index is 0.158. The summed E-state index contributed by atoms with van der Waals surface area (Å²) in [6, 6.07) is 1.61. The van der Waals surface area contributed by atoms with Gasteiger partial charge in [0, 0.05) is 25.2 Å². The van der Waals surface area contributed by atoms with Crippen molar-refractivity contribution in [2.24, 2.45) is 0 Å². The van der Waals surface area contributed by atoms with Crippen LogP contribution in [0.2, 0.25) is 0 Å². The van der Waals surface area contributed by atoms with E-state index >= 15 is 0 Å². The summed E-state index contributed by atoms with van der Waals surface area (Å²) < 4.78 is 0. The minimum Gasteiger partial charge on any atom is -0.338 e. The van der Waals surface area contributed by atoms with Crippen LogP contribution in [-0.2, 0) is 6.42 Å². The van der Waals surface area contributed by atoms with E-state index in [2.05, 4.69) is 17.2 Å². The van der Waals surface area contributed by atoms with E-state index in [1.54, 1.807) is 11.3 Å². The highest BCUT2D eigenvalue weighted by Gasteiger charge is 2.37. The van der Waals surface area contributed by atoms with E-state index in [9.17, 15) is 4.79 Å². The summed E-state index contributed by atoms with van der Waals surface area (Å²) in [6.07, 6.45) is 5.62. The molecule has 2 atom stereocenters. The zero-order valence-corrected chi connectivity index (χ0v) is 13.3. The lowest BCUT2D eigenvalue weighted by molar-refractivity contribution is 0.0685. The molecular weight excluding hydrogens is 270 g/mol. The molecule has 2 bridgehead atoms. The number of nitrogens with zero attached hydrogens (tertiary/aromatic N) is 2. The number of thiazole rings is 1. The molecule has 2 unspecified atom stereocenters. The molecule has 1 N–H and O–H groups in total. The van der Waals surface area contributed by atoms with Crippen LogP contribution in [0.5, 0.6) is 0 Å². The van der Waals surface area contributed by atoms with Crippen molar-refractivity contribution < 1.29 is 4.79 Å². The van der Waals surface area contributed by atoms with Gasteiger partial charge in [0.1, 0.15) is 4.88 Å². The topological polar surface area (TPSA) is 45.2 Å². The first kappa shape index (κ1) is 14.0. The second-order valence-corrected chi connectivity index (χ2v) is 7.14. The predicted molar refractivity (Wildman–Crippen MR) is 81.3 cm³/mol. The number of fused-ring (bicyclic) bond motifs is 2. The standard InChI is InChI=1S/C15H23N3OS/c1-4-13-16-9(2)14(20-13)15(19)18(3)12-7-10-5-6-11(8-12)17-10/h10-12,17H,4-8H2,1-3H3. The lowest BCUT2D eigenvalue weighted by atomic mass is 9.98. The van der Waals surface area contributed by atoms with Gasteiger partial charge in [-0.3, -0.25) is 4.79 Å². The number of hydrogen-bond acceptors (Lipinski definition) is 4. The van der Waals surface area contributed by atoms with Gasteiger partial charge in [-0.25, -0.2) is 4.98 Å². The van der Waals surface area contributed by atoms with E-state index in [-0.39, 0.29) is 5.91 Å². The fourth-order valence-electron chi connectivity index (χ4n) is 3.47. The zero-order valence-electron chi connectivity index (χ0n) is 12.5. The first-order valence-electron chi connectivity index (χ1n) is 7.58. The lowest BCUT2D eigenvalue weighted by Gasteiger charge is -2.35. The Kier molecular flexibility index (Phi) is 3.82. The summed E-state index contributed by atoms with van der Waals surface area (Å²) in [5.74, 6) is 0.158. The molecule has 2 aliphatic rings. The average Bonchev–Trinajstić information content (AvgIpc) is 2.99. The van der Waals surface area contributed by atoms with E-state index < -0.39 is 0 Å². The summed E-state index contributed by atoms with van der Waals surface area (Å²) in [4.78, 5) is 20.0. The Morgan fingerprint density at radius 2 is 2.05 bits per heavy atom. The number of amides is 1. The van der Waals surface area contributed by atoms with Crippen LogP contribution in [0.25, 0.3) is 0 Å². The van der Waals surface area contributed by atoms with Gasteiger partial charge in [-0.15, -0.1) is 11.3 Å². The van der Waals surface area contributed by atoms with Crippen molar-refractivity contribution in [2.75, 3.05) is 7.05 Å². The quantitative estimate of drug-likeness (QED) is 0.930. The maximum Gasteiger partial charge on any atom is 0.265 e. The summed E-state index contributed by atoms with van der Waals surface area (Å²) in [6.45, 7) is 4.03. The van der Waals surface area contributed by atoms with Crippen molar-refractivity contribution in [1.29, 1.82) is 0 Å². The monoisotopic (exact) mass is 293 g/mol. The van der Waals surface area contributed by atoms with Gasteiger partial charge in [0.15, 0.2) is 0 Å². The fourth-order valence-corrected chi connectivity index (χ4v) is 4.46. The number of aromatic nitrogens is 1. The molecule has 1 amide bonds. The second kappa shape index (κ2) is 5.45. The molecular formula is C15H23N3OS. The molecule has 3 heterocycles. The molecule has 2 aliphatic heterocycles. The van der Waals surface area contributed by atoms with E-state index in [0.717, 1.165) is 34.8 Å². The van der Waals surface area contributed by atoms with Gasteiger partial charge in [0.25, 0.3) is 5.91 Å². The molecule has 110 valence electrons. The highest BCUT2D eigenvalue weighted by molar-refractivity contribution is 7.13.